The number of rotatable bonds is 5. The van der Waals surface area contributed by atoms with Crippen molar-refractivity contribution in [1.82, 2.24) is 19.5 Å². The van der Waals surface area contributed by atoms with Crippen LogP contribution in [-0.2, 0) is 11.2 Å². The highest BCUT2D eigenvalue weighted by atomic mass is 16.5. The SMILES string of the molecule is COc1ccc(OC)c([C@@H]2CCCN2C(=O)Cc2c(C)nc3c(C#N)c[nH]n3c2=O)c1. The molecule has 1 aliphatic heterocycles. The van der Waals surface area contributed by atoms with Crippen LogP contribution in [0.3, 0.4) is 0 Å². The highest BCUT2D eigenvalue weighted by molar-refractivity contribution is 5.80. The van der Waals surface area contributed by atoms with Gasteiger partial charge >= 0.3 is 0 Å². The van der Waals surface area contributed by atoms with Crippen LogP contribution in [0.1, 0.15) is 41.3 Å². The van der Waals surface area contributed by atoms with Gasteiger partial charge in [-0.2, -0.15) is 5.26 Å². The minimum atomic E-state index is -0.368. The van der Waals surface area contributed by atoms with Crippen LogP contribution in [0, 0.1) is 18.3 Å². The van der Waals surface area contributed by atoms with E-state index in [1.54, 1.807) is 26.0 Å². The Kier molecular flexibility index (Phi) is 5.38. The number of amides is 1. The summed E-state index contributed by atoms with van der Waals surface area (Å²) in [6.07, 6.45) is 3.02. The Morgan fingerprint density at radius 2 is 2.16 bits per heavy atom. The lowest BCUT2D eigenvalue weighted by molar-refractivity contribution is -0.131. The molecular weight excluding hydrogens is 398 g/mol. The number of likely N-dealkylation sites (tertiary alicyclic amines) is 1. The molecule has 160 valence electrons. The Hall–Kier alpha value is -3.80. The quantitative estimate of drug-likeness (QED) is 0.675. The molecule has 0 aliphatic carbocycles. The molecule has 1 amide bonds. The second kappa shape index (κ2) is 8.14. The van der Waals surface area contributed by atoms with E-state index in [2.05, 4.69) is 10.1 Å². The highest BCUT2D eigenvalue weighted by Crippen LogP contribution is 2.39. The van der Waals surface area contributed by atoms with Crippen LogP contribution in [0.4, 0.5) is 0 Å². The first-order valence-corrected chi connectivity index (χ1v) is 9.99. The van der Waals surface area contributed by atoms with Crippen molar-refractivity contribution in [3.8, 4) is 17.6 Å². The lowest BCUT2D eigenvalue weighted by Gasteiger charge is -2.27. The molecular formula is C22H23N5O4. The number of methoxy groups -OCH3 is 2. The number of carbonyl (C=O) groups is 1. The van der Waals surface area contributed by atoms with Gasteiger partial charge < -0.3 is 14.4 Å². The number of nitrogens with zero attached hydrogens (tertiary/aromatic N) is 4. The van der Waals surface area contributed by atoms with Crippen LogP contribution < -0.4 is 15.0 Å². The fourth-order valence-electron chi connectivity index (χ4n) is 4.18. The number of hydrogen-bond donors (Lipinski definition) is 1. The first-order chi connectivity index (χ1) is 15.0. The molecule has 1 fully saturated rings. The normalized spacial score (nSPS) is 15.8. The van der Waals surface area contributed by atoms with Crippen molar-refractivity contribution in [2.75, 3.05) is 20.8 Å². The third-order valence-corrected chi connectivity index (χ3v) is 5.78. The number of H-pyrrole nitrogens is 1. The van der Waals surface area contributed by atoms with Crippen LogP contribution in [0.25, 0.3) is 5.65 Å². The summed E-state index contributed by atoms with van der Waals surface area (Å²) in [6, 6.07) is 7.39. The first-order valence-electron chi connectivity index (χ1n) is 9.99. The van der Waals surface area contributed by atoms with Gasteiger partial charge in [-0.3, -0.25) is 14.7 Å². The van der Waals surface area contributed by atoms with Gasteiger partial charge in [-0.05, 0) is 38.0 Å². The van der Waals surface area contributed by atoms with Crippen molar-refractivity contribution in [2.45, 2.75) is 32.2 Å². The van der Waals surface area contributed by atoms with Gasteiger partial charge in [0.1, 0.15) is 23.1 Å². The van der Waals surface area contributed by atoms with E-state index in [0.717, 1.165) is 18.4 Å². The molecule has 1 atom stereocenters. The lowest BCUT2D eigenvalue weighted by atomic mass is 10.0. The van der Waals surface area contributed by atoms with Crippen molar-refractivity contribution < 1.29 is 14.3 Å². The standard InChI is InChI=1S/C22H23N5O4/c1-13-16(22(29)27-21(25-13)14(11-23)12-24-27)10-20(28)26-8-4-5-18(26)17-9-15(30-2)6-7-19(17)31-3/h6-7,9,12,18,24H,4-5,8,10H2,1-3H3/t18-/m0/s1. The molecule has 0 unspecified atom stereocenters. The van der Waals surface area contributed by atoms with Crippen LogP contribution >= 0.6 is 0 Å². The predicted molar refractivity (Wildman–Crippen MR) is 112 cm³/mol. The zero-order valence-electron chi connectivity index (χ0n) is 17.6. The predicted octanol–water partition coefficient (Wildman–Crippen LogP) is 2.13. The molecule has 3 heterocycles. The number of hydrogen-bond acceptors (Lipinski definition) is 6. The average molecular weight is 421 g/mol. The van der Waals surface area contributed by atoms with E-state index in [1.165, 1.54) is 10.7 Å². The second-order valence-electron chi connectivity index (χ2n) is 7.47. The number of aromatic amines is 1. The third-order valence-electron chi connectivity index (χ3n) is 5.78. The zero-order chi connectivity index (χ0) is 22.1. The second-order valence-corrected chi connectivity index (χ2v) is 7.47. The molecule has 1 aliphatic rings. The molecule has 9 nitrogen and oxygen atoms in total. The molecule has 1 saturated heterocycles. The summed E-state index contributed by atoms with van der Waals surface area (Å²) in [5.41, 5.74) is 1.83. The fraction of sp³-hybridized carbons (Fsp3) is 0.364. The summed E-state index contributed by atoms with van der Waals surface area (Å²) < 4.78 is 12.1. The van der Waals surface area contributed by atoms with Crippen molar-refractivity contribution >= 4 is 11.6 Å². The Labute approximate surface area is 178 Å². The van der Waals surface area contributed by atoms with Crippen LogP contribution in [0.15, 0.2) is 29.2 Å². The largest absolute Gasteiger partial charge is 0.497 e. The van der Waals surface area contributed by atoms with E-state index in [1.807, 2.05) is 24.3 Å². The number of nitriles is 1. The Bertz CT molecular complexity index is 1250. The van der Waals surface area contributed by atoms with Gasteiger partial charge in [0.2, 0.25) is 5.91 Å². The monoisotopic (exact) mass is 421 g/mol. The topological polar surface area (TPSA) is 113 Å². The number of aromatic nitrogens is 3. The number of benzene rings is 1. The van der Waals surface area contributed by atoms with Crippen molar-refractivity contribution in [2.24, 2.45) is 0 Å². The van der Waals surface area contributed by atoms with Gasteiger partial charge in [0.15, 0.2) is 5.65 Å². The van der Waals surface area contributed by atoms with E-state index >= 15 is 0 Å². The maximum absolute atomic E-state index is 13.3. The lowest BCUT2D eigenvalue weighted by Crippen LogP contribution is -2.34. The Morgan fingerprint density at radius 3 is 2.87 bits per heavy atom. The van der Waals surface area contributed by atoms with Gasteiger partial charge in [-0.1, -0.05) is 0 Å². The fourth-order valence-corrected chi connectivity index (χ4v) is 4.18. The summed E-state index contributed by atoms with van der Waals surface area (Å²) in [7, 11) is 3.20. The maximum Gasteiger partial charge on any atom is 0.276 e. The zero-order valence-corrected chi connectivity index (χ0v) is 17.6. The average Bonchev–Trinajstić information content (AvgIpc) is 3.43. The van der Waals surface area contributed by atoms with Crippen LogP contribution in [-0.4, -0.2) is 46.2 Å². The van der Waals surface area contributed by atoms with E-state index < -0.39 is 0 Å². The number of ether oxygens (including phenoxy) is 2. The summed E-state index contributed by atoms with van der Waals surface area (Å²) in [4.78, 5) is 32.4. The maximum atomic E-state index is 13.3. The Morgan fingerprint density at radius 1 is 1.35 bits per heavy atom. The van der Waals surface area contributed by atoms with E-state index in [0.29, 0.717) is 29.3 Å². The van der Waals surface area contributed by atoms with E-state index in [4.69, 9.17) is 9.47 Å². The van der Waals surface area contributed by atoms with Gasteiger partial charge in [0.25, 0.3) is 5.56 Å². The molecule has 9 heteroatoms. The molecule has 4 rings (SSSR count). The molecule has 0 radical (unpaired) electrons. The van der Waals surface area contributed by atoms with Crippen molar-refractivity contribution in [3.63, 3.8) is 0 Å². The van der Waals surface area contributed by atoms with E-state index in [-0.39, 0.29) is 35.1 Å². The number of fused-ring (bicyclic) bond motifs is 1. The molecule has 3 aromatic rings. The molecule has 2 aromatic heterocycles. The van der Waals surface area contributed by atoms with Gasteiger partial charge in [-0.25, -0.2) is 9.50 Å². The smallest absolute Gasteiger partial charge is 0.276 e. The minimum absolute atomic E-state index is 0.0652. The van der Waals surface area contributed by atoms with Gasteiger partial charge in [-0.15, -0.1) is 0 Å². The Balaban J connectivity index is 1.66. The van der Waals surface area contributed by atoms with Gasteiger partial charge in [0, 0.05) is 29.6 Å². The molecule has 0 spiro atoms. The number of aryl methyl sites for hydroxylation is 1. The van der Waals surface area contributed by atoms with Gasteiger partial charge in [0.05, 0.1) is 26.7 Å². The summed E-state index contributed by atoms with van der Waals surface area (Å²) in [5.74, 6) is 1.24. The van der Waals surface area contributed by atoms with Crippen LogP contribution in [0.2, 0.25) is 0 Å². The summed E-state index contributed by atoms with van der Waals surface area (Å²) >= 11 is 0. The highest BCUT2D eigenvalue weighted by Gasteiger charge is 2.33. The number of carbonyl (C=O) groups excluding carboxylic acids is 1. The first kappa shape index (κ1) is 20.5. The molecule has 31 heavy (non-hydrogen) atoms. The van der Waals surface area contributed by atoms with Crippen molar-refractivity contribution in [3.05, 3.63) is 57.1 Å². The summed E-state index contributed by atoms with van der Waals surface area (Å²) in [6.45, 7) is 2.28. The van der Waals surface area contributed by atoms with Crippen LogP contribution in [0.5, 0.6) is 11.5 Å². The number of nitrogens with one attached hydrogen (secondary N) is 1. The molecule has 1 aromatic carbocycles. The van der Waals surface area contributed by atoms with E-state index in [9.17, 15) is 14.9 Å². The molecule has 0 bridgehead atoms. The molecule has 1 N–H and O–H groups in total. The minimum Gasteiger partial charge on any atom is -0.497 e. The summed E-state index contributed by atoms with van der Waals surface area (Å²) in [5, 5.41) is 11.9. The molecule has 0 saturated carbocycles. The van der Waals surface area contributed by atoms with Crippen molar-refractivity contribution in [1.29, 1.82) is 5.26 Å². The third kappa shape index (κ3) is 3.50.